The summed E-state index contributed by atoms with van der Waals surface area (Å²) in [5, 5.41) is 61.6. The van der Waals surface area contributed by atoms with Crippen LogP contribution in [0, 0.1) is 17.8 Å². The summed E-state index contributed by atoms with van der Waals surface area (Å²) in [5.41, 5.74) is 34.1. The van der Waals surface area contributed by atoms with Crippen molar-refractivity contribution in [3.8, 4) is 0 Å². The summed E-state index contributed by atoms with van der Waals surface area (Å²) in [7, 11) is 0. The Bertz CT molecular complexity index is 3530. The van der Waals surface area contributed by atoms with Crippen molar-refractivity contribution in [1.82, 2.24) is 89.1 Å². The average molecular weight is 1620 g/mol. The summed E-state index contributed by atoms with van der Waals surface area (Å²) >= 11 is 1.25. The average Bonchev–Trinajstić information content (AvgIpc) is 1.69. The number of unbranched alkanes of at least 4 members (excludes halogenated alkanes) is 1. The van der Waals surface area contributed by atoms with Crippen molar-refractivity contribution >= 4 is 118 Å². The lowest BCUT2D eigenvalue weighted by atomic mass is 9.96. The van der Waals surface area contributed by atoms with Crippen molar-refractivity contribution in [1.29, 1.82) is 0 Å². The number of carbonyl (C=O) groups excluding carboxylic acids is 15. The summed E-state index contributed by atoms with van der Waals surface area (Å²) in [4.78, 5) is 248. The number of rotatable bonds is 56. The van der Waals surface area contributed by atoms with Crippen LogP contribution in [0.15, 0.2) is 30.0 Å². The molecule has 632 valence electrons. The van der Waals surface area contributed by atoms with Crippen LogP contribution in [-0.2, 0) is 94.3 Å². The van der Waals surface area contributed by atoms with E-state index in [2.05, 4.69) is 94.0 Å². The molecule has 0 aliphatic carbocycles. The number of hydrogen-bond donors (Lipinski definition) is 24. The lowest BCUT2D eigenvalue weighted by molar-refractivity contribution is -0.142. The Morgan fingerprint density at radius 1 is 0.496 bits per heavy atom. The van der Waals surface area contributed by atoms with Crippen LogP contribution in [0.3, 0.4) is 0 Å². The van der Waals surface area contributed by atoms with Crippen LogP contribution in [0.25, 0.3) is 0 Å². The Kier molecular flexibility index (Phi) is 44.6. The van der Waals surface area contributed by atoms with Crippen molar-refractivity contribution in [2.45, 2.75) is 223 Å². The monoisotopic (exact) mass is 1620 g/mol. The van der Waals surface area contributed by atoms with Gasteiger partial charge in [-0.05, 0) is 101 Å². The molecule has 45 heteroatoms. The van der Waals surface area contributed by atoms with Gasteiger partial charge in [-0.25, -0.2) is 14.8 Å². The number of nitrogens with one attached hydrogen (secondary N) is 15. The molecule has 113 heavy (non-hydrogen) atoms. The lowest BCUT2D eigenvalue weighted by Crippen LogP contribution is -2.62. The molecule has 0 aliphatic heterocycles. The molecule has 0 bridgehead atoms. The summed E-state index contributed by atoms with van der Waals surface area (Å²) in [5.74, 6) is -19.8. The van der Waals surface area contributed by atoms with Gasteiger partial charge in [-0.3, -0.25) is 81.7 Å². The number of amides is 15. The maximum atomic E-state index is 14.7. The van der Waals surface area contributed by atoms with Crippen molar-refractivity contribution in [3.63, 3.8) is 0 Å². The zero-order chi connectivity index (χ0) is 85.2. The molecule has 15 amide bonds. The number of aromatic nitrogens is 4. The van der Waals surface area contributed by atoms with Gasteiger partial charge in [-0.15, -0.1) is 0 Å². The molecule has 0 radical (unpaired) electrons. The van der Waals surface area contributed by atoms with Gasteiger partial charge in [0.2, 0.25) is 88.6 Å². The van der Waals surface area contributed by atoms with Gasteiger partial charge in [0.1, 0.15) is 72.5 Å². The Hall–Kier alpha value is -11.1. The van der Waals surface area contributed by atoms with Gasteiger partial charge in [0.15, 0.2) is 5.96 Å². The number of aliphatic imine (C=N–C) groups is 1. The number of primary amides is 2. The number of guanidine groups is 1. The zero-order valence-electron chi connectivity index (χ0n) is 64.7. The Morgan fingerprint density at radius 2 is 0.938 bits per heavy atom. The molecule has 0 unspecified atom stereocenters. The number of imidazole rings is 2. The molecule has 0 spiro atoms. The number of H-pyrrole nitrogens is 2. The Labute approximate surface area is 656 Å². The fourth-order valence-corrected chi connectivity index (χ4v) is 11.3. The van der Waals surface area contributed by atoms with Gasteiger partial charge in [-0.2, -0.15) is 11.8 Å². The van der Waals surface area contributed by atoms with Gasteiger partial charge in [0, 0.05) is 56.0 Å². The summed E-state index contributed by atoms with van der Waals surface area (Å²) in [6.45, 7) is 9.36. The molecule has 30 N–H and O–H groups in total. The molecule has 44 nitrogen and oxygen atoms in total. The van der Waals surface area contributed by atoms with E-state index in [1.807, 2.05) is 0 Å². The van der Waals surface area contributed by atoms with E-state index in [1.165, 1.54) is 50.7 Å². The second-order valence-electron chi connectivity index (χ2n) is 27.6. The van der Waals surface area contributed by atoms with Crippen LogP contribution in [-0.4, -0.2) is 259 Å². The molecule has 14 atom stereocenters. The van der Waals surface area contributed by atoms with Gasteiger partial charge < -0.3 is 129 Å². The lowest BCUT2D eigenvalue weighted by Gasteiger charge is -2.30. The van der Waals surface area contributed by atoms with E-state index in [0.717, 1.165) is 0 Å². The molecular weight excluding hydrogens is 1500 g/mol. The second kappa shape index (κ2) is 51.5. The van der Waals surface area contributed by atoms with Gasteiger partial charge in [0.25, 0.3) is 0 Å². The van der Waals surface area contributed by atoms with Crippen molar-refractivity contribution in [2.75, 3.05) is 38.2 Å². The number of thioether (sulfide) groups is 1. The van der Waals surface area contributed by atoms with Crippen molar-refractivity contribution in [2.24, 2.45) is 57.1 Å². The van der Waals surface area contributed by atoms with Crippen molar-refractivity contribution < 1.29 is 96.8 Å². The highest BCUT2D eigenvalue weighted by Gasteiger charge is 2.39. The van der Waals surface area contributed by atoms with Crippen LogP contribution in [0.2, 0.25) is 0 Å². The second-order valence-corrected chi connectivity index (χ2v) is 28.6. The minimum atomic E-state index is -1.89. The third-order valence-electron chi connectivity index (χ3n) is 17.3. The number of aromatic amines is 2. The normalized spacial score (nSPS) is 14.8. The summed E-state index contributed by atoms with van der Waals surface area (Å²) in [6.07, 6.45) is 3.55. The molecule has 2 heterocycles. The molecule has 2 rings (SSSR count). The van der Waals surface area contributed by atoms with Crippen LogP contribution >= 0.6 is 11.8 Å². The zero-order valence-corrected chi connectivity index (χ0v) is 65.5. The number of carboxylic acid groups (broad SMARTS) is 2. The molecular formula is C68H114N24O20S. The highest BCUT2D eigenvalue weighted by molar-refractivity contribution is 7.98. The van der Waals surface area contributed by atoms with Gasteiger partial charge >= 0.3 is 11.9 Å². The van der Waals surface area contributed by atoms with Crippen LogP contribution in [0.5, 0.6) is 0 Å². The minimum Gasteiger partial charge on any atom is -0.481 e. The fourth-order valence-electron chi connectivity index (χ4n) is 10.8. The molecule has 0 aromatic carbocycles. The third-order valence-corrected chi connectivity index (χ3v) is 17.9. The maximum Gasteiger partial charge on any atom is 0.326 e. The number of carboxylic acids is 2. The third kappa shape index (κ3) is 37.7. The fraction of sp³-hybridized carbons (Fsp3) is 0.647. The number of aliphatic hydroxyl groups is 1. The molecule has 2 aromatic rings. The smallest absolute Gasteiger partial charge is 0.326 e. The highest BCUT2D eigenvalue weighted by atomic mass is 32.2. The van der Waals surface area contributed by atoms with E-state index < -0.39 is 236 Å². The topological polar surface area (TPSA) is 733 Å². The quantitative estimate of drug-likeness (QED) is 0.0166. The summed E-state index contributed by atoms with van der Waals surface area (Å²) < 4.78 is 0. The Balaban J connectivity index is 2.52. The number of nitrogens with zero attached hydrogens (tertiary/aromatic N) is 3. The van der Waals surface area contributed by atoms with Crippen LogP contribution < -0.4 is 104 Å². The Morgan fingerprint density at radius 3 is 1.42 bits per heavy atom. The minimum absolute atomic E-state index is 0.00433. The molecule has 2 aromatic heterocycles. The molecule has 0 aliphatic rings. The van der Waals surface area contributed by atoms with Gasteiger partial charge in [0.05, 0.1) is 38.3 Å². The number of nitrogens with two attached hydrogens (primary N) is 6. The van der Waals surface area contributed by atoms with E-state index >= 15 is 0 Å². The standard InChI is InChI=1S/C68H114N24O20S/c1-9-35(6)54(92-60(104)42(16-18-52(97)98)83-64(108)48(30-93)90-65(109)53(34(4)5)91-55(99)36(7)70)66(110)85-41(15-17-49(71)94)58(102)86-44(23-33(2)3)61(105)84-43(19-22-113-8)59(103)87-45(24-37-27-75-31-79-37)62(106)88-46(26-50(72)95)63(107)82-39(14-12-21-77-68(73)74)56(100)78-29-51(96)81-40(13-10-11-20-69)57(101)89-47(67(111)112)25-38-28-76-32-80-38/h27-28,31-36,39-48,53-54,93H,9-26,29-30,69-70H2,1-8H3,(H2,71,94)(H2,72,95)(H,75,79)(H,76,80)(H,78,100)(H,81,96)(H,82,107)(H,83,108)(H,84,105)(H,85,110)(H,86,102)(H,87,103)(H,88,106)(H,89,101)(H,90,109)(H,91,99)(H,92,104)(H,97,98)(H,111,112)(H4,73,74,77)/t35-,36-,39-,40-,41-,42-,43-,44-,45-,46-,47-,48-,53-,54-/m0/s1. The first-order valence-corrected chi connectivity index (χ1v) is 38.1. The van der Waals surface area contributed by atoms with Crippen molar-refractivity contribution in [3.05, 3.63) is 36.4 Å². The number of aliphatic hydroxyl groups excluding tert-OH is 1. The predicted molar refractivity (Wildman–Crippen MR) is 408 cm³/mol. The number of aliphatic carboxylic acids is 2. The van der Waals surface area contributed by atoms with E-state index in [4.69, 9.17) is 34.4 Å². The predicted octanol–water partition coefficient (Wildman–Crippen LogP) is -8.03. The van der Waals surface area contributed by atoms with E-state index in [0.29, 0.717) is 18.5 Å². The van der Waals surface area contributed by atoms with Gasteiger partial charge in [-0.1, -0.05) is 48.0 Å². The first kappa shape index (κ1) is 98.0. The molecule has 0 fully saturated rings. The van der Waals surface area contributed by atoms with Crippen LogP contribution in [0.1, 0.15) is 143 Å². The van der Waals surface area contributed by atoms with Crippen LogP contribution in [0.4, 0.5) is 0 Å². The number of carbonyl (C=O) groups is 17. The largest absolute Gasteiger partial charge is 0.481 e. The SMILES string of the molecule is CC[C@H](C)[C@H](NC(=O)[C@H](CCC(=O)O)NC(=O)[C@H](CO)NC(=O)[C@@H](NC(=O)[C@H](C)N)C(C)C)C(=O)N[C@@H](CCC(N)=O)C(=O)N[C@@H](CC(C)C)C(=O)N[C@@H](CCSC)C(=O)N[C@@H](Cc1cnc[nH]1)C(=O)N[C@@H](CC(N)=O)C(=O)N[C@@H](CCCN=C(N)N)C(=O)NCC(=O)N[C@@H](CCCCN)C(=O)N[C@@H](Cc1cnc[nH]1)C(=O)O. The first-order valence-electron chi connectivity index (χ1n) is 36.7. The summed E-state index contributed by atoms with van der Waals surface area (Å²) in [6, 6.07) is -20.0. The molecule has 0 saturated carbocycles. The van der Waals surface area contributed by atoms with E-state index in [-0.39, 0.29) is 87.8 Å². The maximum absolute atomic E-state index is 14.7. The van der Waals surface area contributed by atoms with E-state index in [9.17, 15) is 96.8 Å². The number of hydrogen-bond acceptors (Lipinski definition) is 24. The van der Waals surface area contributed by atoms with E-state index in [1.54, 1.807) is 40.9 Å². The highest BCUT2D eigenvalue weighted by Crippen LogP contribution is 2.15. The molecule has 0 saturated heterocycles. The first-order chi connectivity index (χ1) is 53.2.